The first-order valence-electron chi connectivity index (χ1n) is 18.4. The van der Waals surface area contributed by atoms with Gasteiger partial charge in [-0.25, -0.2) is 14.8 Å². The molecule has 0 radical (unpaired) electrons. The van der Waals surface area contributed by atoms with Gasteiger partial charge in [0.05, 0.1) is 35.9 Å². The Kier molecular flexibility index (Phi) is 8.18. The van der Waals surface area contributed by atoms with Crippen LogP contribution in [0.3, 0.4) is 0 Å². The van der Waals surface area contributed by atoms with Gasteiger partial charge in [0.15, 0.2) is 0 Å². The number of benzene rings is 2. The van der Waals surface area contributed by atoms with Crippen molar-refractivity contribution in [2.24, 2.45) is 0 Å². The van der Waals surface area contributed by atoms with Crippen LogP contribution in [0.15, 0.2) is 48.8 Å². The molecule has 4 heterocycles. The van der Waals surface area contributed by atoms with Crippen LogP contribution in [0.4, 0.5) is 4.79 Å². The molecular formula is C40H50N6O2. The number of hydrogen-bond donors (Lipinski definition) is 3. The van der Waals surface area contributed by atoms with Crippen molar-refractivity contribution in [2.75, 3.05) is 13.1 Å². The Labute approximate surface area is 284 Å². The van der Waals surface area contributed by atoms with Crippen molar-refractivity contribution in [3.63, 3.8) is 0 Å². The van der Waals surface area contributed by atoms with Crippen LogP contribution in [0.2, 0.25) is 0 Å². The fourth-order valence-electron chi connectivity index (χ4n) is 9.02. The largest absolute Gasteiger partial charge is 0.444 e. The van der Waals surface area contributed by atoms with Crippen molar-refractivity contribution >= 4 is 6.09 Å². The van der Waals surface area contributed by atoms with Crippen molar-refractivity contribution < 1.29 is 9.53 Å². The number of H-pyrrole nitrogens is 2. The van der Waals surface area contributed by atoms with Gasteiger partial charge >= 0.3 is 6.09 Å². The zero-order valence-corrected chi connectivity index (χ0v) is 28.8. The molecule has 1 amide bonds. The molecule has 2 aliphatic carbocycles. The van der Waals surface area contributed by atoms with Crippen LogP contribution < -0.4 is 5.32 Å². The van der Waals surface area contributed by atoms with Crippen LogP contribution in [-0.2, 0) is 16.6 Å². The molecule has 2 aromatic heterocycles. The molecule has 252 valence electrons. The summed E-state index contributed by atoms with van der Waals surface area (Å²) in [4.78, 5) is 32.0. The minimum Gasteiger partial charge on any atom is -0.444 e. The number of rotatable bonds is 5. The first kappa shape index (κ1) is 31.4. The molecule has 8 rings (SSSR count). The molecule has 2 aliphatic heterocycles. The van der Waals surface area contributed by atoms with E-state index in [0.29, 0.717) is 12.6 Å². The highest BCUT2D eigenvalue weighted by Gasteiger charge is 2.44. The first-order chi connectivity index (χ1) is 23.3. The zero-order valence-electron chi connectivity index (χ0n) is 28.8. The van der Waals surface area contributed by atoms with Crippen LogP contribution in [0.1, 0.15) is 126 Å². The van der Waals surface area contributed by atoms with Crippen LogP contribution in [-0.4, -0.2) is 49.6 Å². The number of ether oxygens (including phenoxy) is 1. The summed E-state index contributed by atoms with van der Waals surface area (Å²) in [6, 6.07) is 14.0. The van der Waals surface area contributed by atoms with Crippen LogP contribution in [0.25, 0.3) is 33.6 Å². The number of carbonyl (C=O) groups is 1. The summed E-state index contributed by atoms with van der Waals surface area (Å²) < 4.78 is 5.79. The highest BCUT2D eigenvalue weighted by atomic mass is 16.6. The number of nitrogens with zero attached hydrogens (tertiary/aromatic N) is 3. The number of aromatic amines is 2. The number of amides is 1. The average molecular weight is 647 g/mol. The number of carbonyl (C=O) groups excluding carboxylic acids is 1. The van der Waals surface area contributed by atoms with Gasteiger partial charge in [-0.15, -0.1) is 0 Å². The average Bonchev–Trinajstić information content (AvgIpc) is 3.93. The highest BCUT2D eigenvalue weighted by Crippen LogP contribution is 2.55. The monoisotopic (exact) mass is 646 g/mol. The van der Waals surface area contributed by atoms with Crippen LogP contribution in [0.5, 0.6) is 0 Å². The zero-order chi connectivity index (χ0) is 32.9. The van der Waals surface area contributed by atoms with Crippen molar-refractivity contribution in [3.05, 3.63) is 71.6 Å². The molecule has 48 heavy (non-hydrogen) atoms. The highest BCUT2D eigenvalue weighted by molar-refractivity contribution is 5.80. The standard InChI is InChI=1S/C40H50N6O2/c1-39(2,3)48-38(47)46-23-9-5-11-34(46)37-43-25-33(45-37)29-17-16-28(35-30(29)18-21-40(35)19-6-7-20-40)26-12-14-27(15-13-26)32-24-42-36(44-32)31-10-4-8-22-41-31/h12-17,24-25,31,34,41H,4-11,18-23H2,1-3H3,(H,42,44)(H,43,45)/t31-,34-/m0/s1. The Hall–Kier alpha value is -3.91. The minimum absolute atomic E-state index is 0.0979. The second-order valence-corrected chi connectivity index (χ2v) is 15.6. The lowest BCUT2D eigenvalue weighted by atomic mass is 9.76. The van der Waals surface area contributed by atoms with E-state index < -0.39 is 5.60 Å². The number of fused-ring (bicyclic) bond motifs is 2. The lowest BCUT2D eigenvalue weighted by molar-refractivity contribution is 0.00854. The van der Waals surface area contributed by atoms with E-state index in [-0.39, 0.29) is 17.6 Å². The van der Waals surface area contributed by atoms with Gasteiger partial charge in [-0.05, 0) is 118 Å². The third-order valence-electron chi connectivity index (χ3n) is 11.3. The lowest BCUT2D eigenvalue weighted by Gasteiger charge is -2.35. The van der Waals surface area contributed by atoms with E-state index in [4.69, 9.17) is 14.7 Å². The fraction of sp³-hybridized carbons (Fsp3) is 0.525. The van der Waals surface area contributed by atoms with E-state index in [9.17, 15) is 4.79 Å². The van der Waals surface area contributed by atoms with Crippen molar-refractivity contribution in [1.29, 1.82) is 0 Å². The smallest absolute Gasteiger partial charge is 0.410 e. The molecule has 8 heteroatoms. The fourth-order valence-corrected chi connectivity index (χ4v) is 9.02. The van der Waals surface area contributed by atoms with E-state index >= 15 is 0 Å². The maximum Gasteiger partial charge on any atom is 0.410 e. The Morgan fingerprint density at radius 1 is 0.812 bits per heavy atom. The number of hydrogen-bond acceptors (Lipinski definition) is 5. The quantitative estimate of drug-likeness (QED) is 0.201. The first-order valence-corrected chi connectivity index (χ1v) is 18.4. The van der Waals surface area contributed by atoms with Gasteiger partial charge < -0.3 is 20.0 Å². The molecule has 4 aliphatic rings. The Balaban J connectivity index is 1.10. The molecule has 8 nitrogen and oxygen atoms in total. The molecule has 2 aromatic carbocycles. The molecular weight excluding hydrogens is 596 g/mol. The summed E-state index contributed by atoms with van der Waals surface area (Å²) in [6.07, 6.45) is 17.7. The van der Waals surface area contributed by atoms with E-state index in [1.165, 1.54) is 72.8 Å². The van der Waals surface area contributed by atoms with Gasteiger partial charge in [-0.3, -0.25) is 4.90 Å². The van der Waals surface area contributed by atoms with Gasteiger partial charge in [-0.2, -0.15) is 0 Å². The summed E-state index contributed by atoms with van der Waals surface area (Å²) in [5.74, 6) is 1.91. The molecule has 3 fully saturated rings. The second-order valence-electron chi connectivity index (χ2n) is 15.6. The third kappa shape index (κ3) is 5.86. The van der Waals surface area contributed by atoms with Crippen LogP contribution >= 0.6 is 0 Å². The number of imidazole rings is 2. The Morgan fingerprint density at radius 2 is 1.52 bits per heavy atom. The summed E-state index contributed by atoms with van der Waals surface area (Å²) in [7, 11) is 0. The number of piperidine rings is 2. The molecule has 3 N–H and O–H groups in total. The third-order valence-corrected chi connectivity index (χ3v) is 11.3. The van der Waals surface area contributed by atoms with Crippen molar-refractivity contribution in [2.45, 2.75) is 121 Å². The summed E-state index contributed by atoms with van der Waals surface area (Å²) in [5.41, 5.74) is 9.97. The van der Waals surface area contributed by atoms with Gasteiger partial charge in [0.2, 0.25) is 0 Å². The predicted molar refractivity (Wildman–Crippen MR) is 190 cm³/mol. The molecule has 2 saturated heterocycles. The number of likely N-dealkylation sites (tertiary alicyclic amines) is 1. The molecule has 1 spiro atoms. The van der Waals surface area contributed by atoms with Gasteiger partial charge in [0, 0.05) is 12.1 Å². The SMILES string of the molecule is CC(C)(C)OC(=O)N1CCCC[C@H]1c1ncc(-c2ccc(-c3ccc(-c4cnc([C@@H]5CCCCN5)[nH]4)cc3)c3c2CCC32CCCC2)[nH]1. The van der Waals surface area contributed by atoms with Crippen molar-refractivity contribution in [1.82, 2.24) is 30.2 Å². The summed E-state index contributed by atoms with van der Waals surface area (Å²) in [6.45, 7) is 7.54. The molecule has 4 aromatic rings. The van der Waals surface area contributed by atoms with E-state index in [0.717, 1.165) is 61.7 Å². The topological polar surface area (TPSA) is 98.9 Å². The Bertz CT molecular complexity index is 1770. The van der Waals surface area contributed by atoms with E-state index in [1.54, 1.807) is 5.56 Å². The predicted octanol–water partition coefficient (Wildman–Crippen LogP) is 9.17. The normalized spacial score (nSPS) is 22.3. The molecule has 2 atom stereocenters. The Morgan fingerprint density at radius 3 is 2.29 bits per heavy atom. The number of nitrogens with one attached hydrogen (secondary N) is 3. The summed E-state index contributed by atoms with van der Waals surface area (Å²) >= 11 is 0. The van der Waals surface area contributed by atoms with Crippen LogP contribution in [0, 0.1) is 0 Å². The maximum atomic E-state index is 13.2. The summed E-state index contributed by atoms with van der Waals surface area (Å²) in [5, 5.41) is 3.61. The second kappa shape index (κ2) is 12.5. The number of aromatic nitrogens is 4. The van der Waals surface area contributed by atoms with Gasteiger partial charge in [0.25, 0.3) is 0 Å². The molecule has 0 bridgehead atoms. The maximum absolute atomic E-state index is 13.2. The van der Waals surface area contributed by atoms with E-state index in [1.807, 2.05) is 38.1 Å². The minimum atomic E-state index is -0.527. The van der Waals surface area contributed by atoms with E-state index in [2.05, 4.69) is 51.7 Å². The molecule has 0 unspecified atom stereocenters. The molecule has 1 saturated carbocycles. The van der Waals surface area contributed by atoms with Crippen molar-refractivity contribution in [3.8, 4) is 33.6 Å². The van der Waals surface area contributed by atoms with Gasteiger partial charge in [-0.1, -0.05) is 55.7 Å². The van der Waals surface area contributed by atoms with Gasteiger partial charge in [0.1, 0.15) is 17.2 Å². The lowest BCUT2D eigenvalue weighted by Crippen LogP contribution is -2.42.